The lowest BCUT2D eigenvalue weighted by Crippen LogP contribution is -2.20. The maximum atomic E-state index is 11.1. The zero-order valence-corrected chi connectivity index (χ0v) is 8.31. The fourth-order valence-corrected chi connectivity index (χ4v) is 1.25. The number of aliphatic hydroxyl groups excluding tert-OH is 1. The van der Waals surface area contributed by atoms with Crippen molar-refractivity contribution in [3.05, 3.63) is 35.9 Å². The van der Waals surface area contributed by atoms with Gasteiger partial charge in [-0.15, -0.1) is 0 Å². The topological polar surface area (TPSA) is 46.5 Å². The van der Waals surface area contributed by atoms with Gasteiger partial charge >= 0.3 is 5.97 Å². The van der Waals surface area contributed by atoms with Crippen molar-refractivity contribution in [2.75, 3.05) is 7.11 Å². The van der Waals surface area contributed by atoms with Gasteiger partial charge in [-0.2, -0.15) is 0 Å². The van der Waals surface area contributed by atoms with Crippen LogP contribution in [0.2, 0.25) is 0 Å². The Morgan fingerprint density at radius 2 is 1.93 bits per heavy atom. The monoisotopic (exact) mass is 194 g/mol. The Bertz CT molecular complexity index is 295. The van der Waals surface area contributed by atoms with Gasteiger partial charge in [0.25, 0.3) is 0 Å². The molecule has 3 heteroatoms. The Morgan fingerprint density at radius 3 is 2.43 bits per heavy atom. The average molecular weight is 194 g/mol. The maximum Gasteiger partial charge on any atom is 0.311 e. The van der Waals surface area contributed by atoms with Crippen LogP contribution < -0.4 is 0 Å². The Morgan fingerprint density at radius 1 is 1.36 bits per heavy atom. The van der Waals surface area contributed by atoms with Gasteiger partial charge in [0.15, 0.2) is 0 Å². The molecule has 0 amide bonds. The quantitative estimate of drug-likeness (QED) is 0.742. The van der Waals surface area contributed by atoms with Gasteiger partial charge < -0.3 is 9.84 Å². The van der Waals surface area contributed by atoms with E-state index >= 15 is 0 Å². The first-order chi connectivity index (χ1) is 6.66. The lowest BCUT2D eigenvalue weighted by Gasteiger charge is -2.16. The van der Waals surface area contributed by atoms with Gasteiger partial charge in [-0.1, -0.05) is 30.3 Å². The molecule has 1 rings (SSSR count). The second-order valence-corrected chi connectivity index (χ2v) is 3.17. The number of carbonyl (C=O) groups excluding carboxylic acids is 1. The molecule has 1 aromatic rings. The number of hydrogen-bond acceptors (Lipinski definition) is 3. The average Bonchev–Trinajstić information content (AvgIpc) is 2.27. The van der Waals surface area contributed by atoms with Crippen LogP contribution in [0.4, 0.5) is 0 Å². The van der Waals surface area contributed by atoms with Crippen LogP contribution >= 0.6 is 0 Å². The standard InChI is InChI=1S/C11H14O3/c1-8(11(13)14-2)10(12)9-6-4-3-5-7-9/h3-8,10,12H,1-2H3/t8-,10-/m0/s1. The fourth-order valence-electron chi connectivity index (χ4n) is 1.25. The first kappa shape index (κ1) is 10.7. The summed E-state index contributed by atoms with van der Waals surface area (Å²) in [6, 6.07) is 9.07. The molecular weight excluding hydrogens is 180 g/mol. The smallest absolute Gasteiger partial charge is 0.311 e. The van der Waals surface area contributed by atoms with E-state index in [1.807, 2.05) is 18.2 Å². The fraction of sp³-hybridized carbons (Fsp3) is 0.364. The molecule has 0 aliphatic carbocycles. The van der Waals surface area contributed by atoms with Crippen molar-refractivity contribution in [1.82, 2.24) is 0 Å². The van der Waals surface area contributed by atoms with Crippen molar-refractivity contribution in [3.8, 4) is 0 Å². The van der Waals surface area contributed by atoms with E-state index in [1.165, 1.54) is 7.11 Å². The first-order valence-electron chi connectivity index (χ1n) is 4.47. The van der Waals surface area contributed by atoms with Crippen LogP contribution in [0, 0.1) is 5.92 Å². The van der Waals surface area contributed by atoms with Gasteiger partial charge in [0.05, 0.1) is 19.1 Å². The van der Waals surface area contributed by atoms with Gasteiger partial charge in [0, 0.05) is 0 Å². The predicted octanol–water partition coefficient (Wildman–Crippen LogP) is 1.53. The normalized spacial score (nSPS) is 14.5. The van der Waals surface area contributed by atoms with Crippen LogP contribution in [0.25, 0.3) is 0 Å². The molecule has 0 aromatic heterocycles. The second-order valence-electron chi connectivity index (χ2n) is 3.17. The molecule has 0 saturated heterocycles. The van der Waals surface area contributed by atoms with Crippen LogP contribution in [0.15, 0.2) is 30.3 Å². The van der Waals surface area contributed by atoms with Crippen molar-refractivity contribution in [2.45, 2.75) is 13.0 Å². The molecule has 14 heavy (non-hydrogen) atoms. The first-order valence-corrected chi connectivity index (χ1v) is 4.47. The van der Waals surface area contributed by atoms with Crippen molar-refractivity contribution in [3.63, 3.8) is 0 Å². The summed E-state index contributed by atoms with van der Waals surface area (Å²) < 4.78 is 4.56. The molecule has 1 aromatic carbocycles. The van der Waals surface area contributed by atoms with E-state index in [0.29, 0.717) is 0 Å². The van der Waals surface area contributed by atoms with E-state index in [2.05, 4.69) is 4.74 Å². The van der Waals surface area contributed by atoms with Crippen LogP contribution in [0.3, 0.4) is 0 Å². The summed E-state index contributed by atoms with van der Waals surface area (Å²) in [5.41, 5.74) is 0.727. The number of esters is 1. The summed E-state index contributed by atoms with van der Waals surface area (Å²) in [6.07, 6.45) is -0.802. The van der Waals surface area contributed by atoms with Crippen LogP contribution in [-0.2, 0) is 9.53 Å². The molecule has 0 spiro atoms. The molecule has 0 saturated carbocycles. The van der Waals surface area contributed by atoms with Gasteiger partial charge in [0.1, 0.15) is 0 Å². The third-order valence-corrected chi connectivity index (χ3v) is 2.19. The molecule has 0 heterocycles. The molecule has 3 nitrogen and oxygen atoms in total. The minimum Gasteiger partial charge on any atom is -0.469 e. The molecule has 0 bridgehead atoms. The largest absolute Gasteiger partial charge is 0.469 e. The third-order valence-electron chi connectivity index (χ3n) is 2.19. The predicted molar refractivity (Wildman–Crippen MR) is 52.6 cm³/mol. The van der Waals surface area contributed by atoms with E-state index in [4.69, 9.17) is 0 Å². The zero-order chi connectivity index (χ0) is 10.6. The number of aliphatic hydroxyl groups is 1. The lowest BCUT2D eigenvalue weighted by atomic mass is 9.98. The molecule has 0 aliphatic rings. The number of methoxy groups -OCH3 is 1. The number of benzene rings is 1. The van der Waals surface area contributed by atoms with Crippen molar-refractivity contribution in [1.29, 1.82) is 0 Å². The summed E-state index contributed by atoms with van der Waals surface area (Å²) in [6.45, 7) is 1.64. The highest BCUT2D eigenvalue weighted by Gasteiger charge is 2.23. The van der Waals surface area contributed by atoms with Crippen molar-refractivity contribution < 1.29 is 14.6 Å². The second kappa shape index (κ2) is 4.77. The maximum absolute atomic E-state index is 11.1. The van der Waals surface area contributed by atoms with Gasteiger partial charge in [-0.25, -0.2) is 0 Å². The third kappa shape index (κ3) is 2.33. The highest BCUT2D eigenvalue weighted by molar-refractivity contribution is 5.72. The molecule has 2 atom stereocenters. The van der Waals surface area contributed by atoms with Gasteiger partial charge in [-0.05, 0) is 12.5 Å². The van der Waals surface area contributed by atoms with E-state index in [-0.39, 0.29) is 0 Å². The Hall–Kier alpha value is -1.35. The van der Waals surface area contributed by atoms with Crippen LogP contribution in [0.1, 0.15) is 18.6 Å². The number of ether oxygens (including phenoxy) is 1. The van der Waals surface area contributed by atoms with E-state index in [0.717, 1.165) is 5.56 Å². The molecule has 76 valence electrons. The summed E-state index contributed by atoms with van der Waals surface area (Å²) in [4.78, 5) is 11.1. The zero-order valence-electron chi connectivity index (χ0n) is 8.31. The Kier molecular flexibility index (Phi) is 3.65. The minimum atomic E-state index is -0.802. The molecule has 0 aliphatic heterocycles. The molecule has 0 unspecified atom stereocenters. The van der Waals surface area contributed by atoms with Gasteiger partial charge in [-0.3, -0.25) is 4.79 Å². The van der Waals surface area contributed by atoms with E-state index < -0.39 is 18.0 Å². The molecule has 0 fully saturated rings. The van der Waals surface area contributed by atoms with Crippen molar-refractivity contribution in [2.24, 2.45) is 5.92 Å². The summed E-state index contributed by atoms with van der Waals surface area (Å²) in [5, 5.41) is 9.79. The minimum absolute atomic E-state index is 0.402. The van der Waals surface area contributed by atoms with E-state index in [1.54, 1.807) is 19.1 Å². The highest BCUT2D eigenvalue weighted by Crippen LogP contribution is 2.21. The number of rotatable bonds is 3. The molecule has 1 N–H and O–H groups in total. The Balaban J connectivity index is 2.75. The van der Waals surface area contributed by atoms with Gasteiger partial charge in [0.2, 0.25) is 0 Å². The van der Waals surface area contributed by atoms with Crippen LogP contribution in [0.5, 0.6) is 0 Å². The summed E-state index contributed by atoms with van der Waals surface area (Å²) >= 11 is 0. The molecule has 0 radical (unpaired) electrons. The number of hydrogen-bond donors (Lipinski definition) is 1. The summed E-state index contributed by atoms with van der Waals surface area (Å²) in [5.74, 6) is -0.941. The Labute approximate surface area is 83.3 Å². The van der Waals surface area contributed by atoms with E-state index in [9.17, 15) is 9.90 Å². The lowest BCUT2D eigenvalue weighted by molar-refractivity contribution is -0.148. The van der Waals surface area contributed by atoms with Crippen molar-refractivity contribution >= 4 is 5.97 Å². The molecular formula is C11H14O3. The number of carbonyl (C=O) groups is 1. The van der Waals surface area contributed by atoms with Crippen LogP contribution in [-0.4, -0.2) is 18.2 Å². The summed E-state index contributed by atoms with van der Waals surface area (Å²) in [7, 11) is 1.32. The SMILES string of the molecule is COC(=O)[C@@H](C)[C@H](O)c1ccccc1. The highest BCUT2D eigenvalue weighted by atomic mass is 16.5.